The number of likely N-dealkylation sites (tertiary alicyclic amines) is 2. The molecule has 3 saturated heterocycles. The summed E-state index contributed by atoms with van der Waals surface area (Å²) in [4.78, 5) is 46.1. The predicted octanol–water partition coefficient (Wildman–Crippen LogP) is 5.80. The summed E-state index contributed by atoms with van der Waals surface area (Å²) in [6.45, 7) is 9.00. The molecule has 3 aromatic rings. The van der Waals surface area contributed by atoms with Crippen LogP contribution in [0.1, 0.15) is 60.5 Å². The molecule has 9 nitrogen and oxygen atoms in total. The molecule has 3 aromatic carbocycles. The van der Waals surface area contributed by atoms with Gasteiger partial charge in [-0.25, -0.2) is 5.01 Å². The van der Waals surface area contributed by atoms with Gasteiger partial charge in [0.05, 0.1) is 28.6 Å². The van der Waals surface area contributed by atoms with Crippen molar-refractivity contribution in [1.29, 1.82) is 0 Å². The van der Waals surface area contributed by atoms with E-state index in [1.54, 1.807) is 0 Å². The fraction of sp³-hybridized carbons (Fsp3) is 0.475. The number of rotatable bonds is 12. The van der Waals surface area contributed by atoms with Crippen molar-refractivity contribution in [1.82, 2.24) is 25.1 Å². The van der Waals surface area contributed by atoms with Crippen LogP contribution in [0.5, 0.6) is 0 Å². The minimum Gasteiger partial charge on any atom is -0.465 e. The van der Waals surface area contributed by atoms with Crippen molar-refractivity contribution in [2.75, 3.05) is 72.1 Å². The van der Waals surface area contributed by atoms with Gasteiger partial charge in [0, 0.05) is 50.2 Å². The van der Waals surface area contributed by atoms with Crippen molar-refractivity contribution in [3.63, 3.8) is 0 Å². The third kappa shape index (κ3) is 8.78. The summed E-state index contributed by atoms with van der Waals surface area (Å²) < 4.78 is 5.11. The van der Waals surface area contributed by atoms with Crippen LogP contribution in [-0.2, 0) is 25.2 Å². The Morgan fingerprint density at radius 2 is 1.45 bits per heavy atom. The van der Waals surface area contributed by atoms with Gasteiger partial charge in [-0.2, -0.15) is 0 Å². The van der Waals surface area contributed by atoms with E-state index in [0.717, 1.165) is 62.9 Å². The molecular formula is C40H49Cl2N5O4. The summed E-state index contributed by atoms with van der Waals surface area (Å²) in [6.07, 6.45) is 4.17. The van der Waals surface area contributed by atoms with Gasteiger partial charge in [0.2, 0.25) is 5.91 Å². The van der Waals surface area contributed by atoms with Crippen LogP contribution in [0.3, 0.4) is 0 Å². The van der Waals surface area contributed by atoms with Gasteiger partial charge in [-0.1, -0.05) is 77.8 Å². The highest BCUT2D eigenvalue weighted by molar-refractivity contribution is 6.42. The van der Waals surface area contributed by atoms with E-state index >= 15 is 0 Å². The third-order valence-corrected chi connectivity index (χ3v) is 11.8. The molecule has 6 rings (SSSR count). The van der Waals surface area contributed by atoms with Gasteiger partial charge in [-0.3, -0.25) is 24.7 Å². The Morgan fingerprint density at radius 1 is 0.765 bits per heavy atom. The molecule has 1 atom stereocenters. The molecule has 0 aromatic heterocycles. The Hall–Kier alpha value is -3.47. The molecule has 1 N–H and O–H groups in total. The average Bonchev–Trinajstić information content (AvgIpc) is 3.59. The number of carbonyl (C=O) groups is 3. The zero-order valence-corrected chi connectivity index (χ0v) is 31.0. The Balaban J connectivity index is 1.08. The number of nitrogens with zero attached hydrogens (tertiary/aromatic N) is 4. The summed E-state index contributed by atoms with van der Waals surface area (Å²) >= 11 is 12.9. The number of piperazine rings is 1. The maximum absolute atomic E-state index is 14.2. The number of halogens is 2. The first kappa shape index (κ1) is 37.3. The van der Waals surface area contributed by atoms with E-state index in [-0.39, 0.29) is 29.7 Å². The number of benzene rings is 3. The molecule has 11 heteroatoms. The maximum Gasteiger partial charge on any atom is 0.320 e. The van der Waals surface area contributed by atoms with Crippen LogP contribution in [0.4, 0.5) is 0 Å². The van der Waals surface area contributed by atoms with Crippen LogP contribution in [0.2, 0.25) is 10.0 Å². The summed E-state index contributed by atoms with van der Waals surface area (Å²) in [6, 6.07) is 25.6. The van der Waals surface area contributed by atoms with E-state index in [1.807, 2.05) is 77.5 Å². The number of amides is 2. The van der Waals surface area contributed by atoms with Crippen LogP contribution >= 0.6 is 23.2 Å². The maximum atomic E-state index is 14.2. The highest BCUT2D eigenvalue weighted by atomic mass is 35.5. The zero-order chi connectivity index (χ0) is 35.8. The first-order valence-corrected chi connectivity index (χ1v) is 19.0. The molecule has 3 fully saturated rings. The van der Waals surface area contributed by atoms with Crippen LogP contribution in [0.15, 0.2) is 78.9 Å². The van der Waals surface area contributed by atoms with Gasteiger partial charge in [0.15, 0.2) is 0 Å². The smallest absolute Gasteiger partial charge is 0.320 e. The quantitative estimate of drug-likeness (QED) is 0.236. The first-order valence-electron chi connectivity index (χ1n) is 18.2. The minimum absolute atomic E-state index is 0.0416. The molecule has 2 amide bonds. The SMILES string of the molecule is CCOC(=O)CN1CCN(NC(=O)C2(c3ccccc3)CCN(CCCC3(c4ccc(Cl)c(Cl)c4)CCN(C(=O)c4ccccc4)C3)CC2)CC1. The molecule has 3 heterocycles. The van der Waals surface area contributed by atoms with Crippen LogP contribution in [0.25, 0.3) is 0 Å². The Bertz CT molecular complexity index is 1640. The molecule has 3 aliphatic rings. The lowest BCUT2D eigenvalue weighted by Crippen LogP contribution is -2.59. The second-order valence-corrected chi connectivity index (χ2v) is 15.0. The normalized spacial score (nSPS) is 21.4. The van der Waals surface area contributed by atoms with Crippen molar-refractivity contribution in [3.05, 3.63) is 106 Å². The number of ether oxygens (including phenoxy) is 1. The van der Waals surface area contributed by atoms with Crippen LogP contribution in [-0.4, -0.2) is 110 Å². The Morgan fingerprint density at radius 3 is 2.12 bits per heavy atom. The van der Waals surface area contributed by atoms with E-state index in [0.29, 0.717) is 61.5 Å². The lowest BCUT2D eigenvalue weighted by Gasteiger charge is -2.43. The van der Waals surface area contributed by atoms with Gasteiger partial charge in [-0.15, -0.1) is 0 Å². The number of piperidine rings is 1. The molecule has 51 heavy (non-hydrogen) atoms. The monoisotopic (exact) mass is 733 g/mol. The second kappa shape index (κ2) is 16.9. The molecule has 0 spiro atoms. The van der Waals surface area contributed by atoms with Crippen molar-refractivity contribution in [3.8, 4) is 0 Å². The van der Waals surface area contributed by atoms with Crippen molar-refractivity contribution in [2.45, 2.75) is 49.9 Å². The first-order chi connectivity index (χ1) is 24.7. The summed E-state index contributed by atoms with van der Waals surface area (Å²) in [5.74, 6) is -0.111. The molecule has 1 unspecified atom stereocenters. The number of hydrogen-bond acceptors (Lipinski definition) is 7. The number of hydrogen-bond donors (Lipinski definition) is 1. The van der Waals surface area contributed by atoms with Gasteiger partial charge in [0.25, 0.3) is 5.91 Å². The van der Waals surface area contributed by atoms with E-state index in [9.17, 15) is 14.4 Å². The molecule has 272 valence electrons. The van der Waals surface area contributed by atoms with Crippen molar-refractivity contribution in [2.24, 2.45) is 0 Å². The zero-order valence-electron chi connectivity index (χ0n) is 29.5. The standard InChI is InChI=1S/C40H49Cl2N5O4/c1-2-51-36(48)29-45-24-26-47(27-25-45)43-38(50)40(32-12-7-4-8-13-32)18-21-44(22-19-40)20-9-16-39(33-14-15-34(41)35(42)28-33)17-23-46(30-39)37(49)31-10-5-3-6-11-31/h3-8,10-15,28H,2,9,16-27,29-30H2,1H3,(H,43,50). The Labute approximate surface area is 311 Å². The average molecular weight is 735 g/mol. The Kier molecular flexibility index (Phi) is 12.4. The number of carbonyl (C=O) groups excluding carboxylic acids is 3. The lowest BCUT2D eigenvalue weighted by molar-refractivity contribution is -0.145. The number of nitrogens with one attached hydrogen (secondary N) is 1. The summed E-state index contributed by atoms with van der Waals surface area (Å²) in [5, 5.41) is 3.06. The number of hydrazine groups is 1. The van der Waals surface area contributed by atoms with Crippen LogP contribution < -0.4 is 5.43 Å². The summed E-state index contributed by atoms with van der Waals surface area (Å²) in [7, 11) is 0. The lowest BCUT2D eigenvalue weighted by atomic mass is 9.72. The van der Waals surface area contributed by atoms with E-state index in [4.69, 9.17) is 27.9 Å². The van der Waals surface area contributed by atoms with Gasteiger partial charge >= 0.3 is 5.97 Å². The van der Waals surface area contributed by atoms with Crippen molar-refractivity contribution < 1.29 is 19.1 Å². The topological polar surface area (TPSA) is 85.4 Å². The molecule has 0 aliphatic carbocycles. The molecule has 0 bridgehead atoms. The fourth-order valence-electron chi connectivity index (χ4n) is 8.08. The summed E-state index contributed by atoms with van der Waals surface area (Å²) in [5.41, 5.74) is 5.30. The van der Waals surface area contributed by atoms with Crippen molar-refractivity contribution >= 4 is 41.0 Å². The van der Waals surface area contributed by atoms with E-state index in [2.05, 4.69) is 33.4 Å². The molecule has 0 radical (unpaired) electrons. The highest BCUT2D eigenvalue weighted by Gasteiger charge is 2.45. The molecular weight excluding hydrogens is 685 g/mol. The molecule has 3 aliphatic heterocycles. The third-order valence-electron chi connectivity index (χ3n) is 11.1. The van der Waals surface area contributed by atoms with Crippen LogP contribution in [0, 0.1) is 0 Å². The predicted molar refractivity (Wildman–Crippen MR) is 201 cm³/mol. The van der Waals surface area contributed by atoms with Gasteiger partial charge in [0.1, 0.15) is 0 Å². The largest absolute Gasteiger partial charge is 0.465 e. The second-order valence-electron chi connectivity index (χ2n) is 14.2. The number of esters is 1. The van der Waals surface area contributed by atoms with Gasteiger partial charge in [-0.05, 0) is 94.1 Å². The van der Waals surface area contributed by atoms with E-state index < -0.39 is 5.41 Å². The highest BCUT2D eigenvalue weighted by Crippen LogP contribution is 2.42. The minimum atomic E-state index is -0.620. The molecule has 0 saturated carbocycles. The van der Waals surface area contributed by atoms with E-state index in [1.165, 1.54) is 0 Å². The fourth-order valence-corrected chi connectivity index (χ4v) is 8.38. The van der Waals surface area contributed by atoms with Gasteiger partial charge < -0.3 is 14.5 Å².